The number of pyridine rings is 2. The molecular weight excluding hydrogens is 466 g/mol. The van der Waals surface area contributed by atoms with Gasteiger partial charge in [-0.1, -0.05) is 78.9 Å². The molecule has 1 N–H and O–H groups in total. The molecule has 0 bridgehead atoms. The van der Waals surface area contributed by atoms with Gasteiger partial charge in [0.1, 0.15) is 11.7 Å². The Morgan fingerprint density at radius 2 is 0.974 bits per heavy atom. The highest BCUT2D eigenvalue weighted by molar-refractivity contribution is 6.16. The van der Waals surface area contributed by atoms with E-state index in [0.717, 1.165) is 62.3 Å². The van der Waals surface area contributed by atoms with Gasteiger partial charge in [-0.25, -0.2) is 9.98 Å². The van der Waals surface area contributed by atoms with E-state index in [9.17, 15) is 0 Å². The van der Waals surface area contributed by atoms with Gasteiger partial charge in [0, 0.05) is 33.6 Å². The molecule has 3 heterocycles. The van der Waals surface area contributed by atoms with Crippen molar-refractivity contribution in [2.75, 3.05) is 0 Å². The summed E-state index contributed by atoms with van der Waals surface area (Å²) in [5, 5.41) is 3.53. The van der Waals surface area contributed by atoms with Crippen LogP contribution in [0.2, 0.25) is 0 Å². The first-order valence-electron chi connectivity index (χ1n) is 12.7. The maximum Gasteiger partial charge on any atom is 0.169 e. The first kappa shape index (κ1) is 23.5. The van der Waals surface area contributed by atoms with Crippen molar-refractivity contribution < 1.29 is 0 Å². The van der Waals surface area contributed by atoms with E-state index in [4.69, 9.17) is 20.0 Å². The molecule has 0 aliphatic carbocycles. The van der Waals surface area contributed by atoms with Gasteiger partial charge in [-0.15, -0.1) is 0 Å². The quantitative estimate of drug-likeness (QED) is 0.289. The zero-order valence-electron chi connectivity index (χ0n) is 21.3. The average molecular weight is 494 g/mol. The van der Waals surface area contributed by atoms with Crippen LogP contribution in [0.3, 0.4) is 0 Å². The molecule has 1 aliphatic rings. The fourth-order valence-electron chi connectivity index (χ4n) is 4.58. The van der Waals surface area contributed by atoms with Crippen LogP contribution in [0.5, 0.6) is 0 Å². The van der Waals surface area contributed by atoms with E-state index < -0.39 is 0 Å². The van der Waals surface area contributed by atoms with Crippen LogP contribution in [0.15, 0.2) is 125 Å². The van der Waals surface area contributed by atoms with Gasteiger partial charge < -0.3 is 5.32 Å². The molecule has 2 aromatic heterocycles. The Labute approximate surface area is 222 Å². The van der Waals surface area contributed by atoms with Crippen LogP contribution in [0, 0.1) is 13.8 Å². The summed E-state index contributed by atoms with van der Waals surface area (Å²) in [5.74, 6) is 1.55. The molecule has 0 atom stereocenters. The molecule has 0 unspecified atom stereocenters. The Morgan fingerprint density at radius 1 is 0.500 bits per heavy atom. The van der Waals surface area contributed by atoms with Crippen molar-refractivity contribution in [3.05, 3.63) is 143 Å². The lowest BCUT2D eigenvalue weighted by Gasteiger charge is -2.23. The van der Waals surface area contributed by atoms with Gasteiger partial charge in [-0.2, -0.15) is 0 Å². The second-order valence-corrected chi connectivity index (χ2v) is 9.35. The van der Waals surface area contributed by atoms with Crippen LogP contribution in [0.25, 0.3) is 22.5 Å². The van der Waals surface area contributed by atoms with E-state index in [0.29, 0.717) is 0 Å². The number of hydrogen-bond acceptors (Lipinski definition) is 5. The third kappa shape index (κ3) is 5.00. The number of benzene rings is 3. The smallest absolute Gasteiger partial charge is 0.169 e. The van der Waals surface area contributed by atoms with Gasteiger partial charge >= 0.3 is 0 Å². The Bertz CT molecular complexity index is 1570. The number of rotatable bonds is 5. The average Bonchev–Trinajstić information content (AvgIpc) is 2.97. The Balaban J connectivity index is 1.41. The second-order valence-electron chi connectivity index (χ2n) is 9.35. The monoisotopic (exact) mass is 493 g/mol. The van der Waals surface area contributed by atoms with Crippen molar-refractivity contribution in [2.24, 2.45) is 9.98 Å². The number of hydrogen-bond donors (Lipinski definition) is 1. The molecule has 0 amide bonds. The van der Waals surface area contributed by atoms with Crippen molar-refractivity contribution in [2.45, 2.75) is 20.0 Å². The Hall–Kier alpha value is -4.90. The van der Waals surface area contributed by atoms with Crippen molar-refractivity contribution >= 4 is 11.7 Å². The van der Waals surface area contributed by atoms with Gasteiger partial charge in [0.2, 0.25) is 0 Å². The maximum absolute atomic E-state index is 5.03. The fraction of sp³-hybridized carbons (Fsp3) is 0.0909. The molecule has 5 heteroatoms. The largest absolute Gasteiger partial charge is 0.324 e. The van der Waals surface area contributed by atoms with Crippen LogP contribution in [0.4, 0.5) is 0 Å². The number of aliphatic imine (C=N–C) groups is 2. The van der Waals surface area contributed by atoms with E-state index in [2.05, 4.69) is 53.8 Å². The van der Waals surface area contributed by atoms with Crippen LogP contribution in [-0.2, 0) is 0 Å². The van der Waals surface area contributed by atoms with Crippen LogP contribution in [0.1, 0.15) is 34.2 Å². The topological polar surface area (TPSA) is 62.5 Å². The van der Waals surface area contributed by atoms with Gasteiger partial charge in [0.25, 0.3) is 0 Å². The molecule has 38 heavy (non-hydrogen) atoms. The summed E-state index contributed by atoms with van der Waals surface area (Å²) in [6.07, 6.45) is -0.357. The number of amidine groups is 2. The second kappa shape index (κ2) is 10.2. The zero-order chi connectivity index (χ0) is 25.9. The summed E-state index contributed by atoms with van der Waals surface area (Å²) in [6, 6.07) is 39.0. The summed E-state index contributed by atoms with van der Waals surface area (Å²) >= 11 is 0. The first-order valence-corrected chi connectivity index (χ1v) is 12.7. The summed E-state index contributed by atoms with van der Waals surface area (Å²) in [5.41, 5.74) is 8.95. The highest BCUT2D eigenvalue weighted by Crippen LogP contribution is 2.27. The van der Waals surface area contributed by atoms with Gasteiger partial charge in [-0.3, -0.25) is 9.97 Å². The summed E-state index contributed by atoms with van der Waals surface area (Å²) in [6.45, 7) is 4.02. The zero-order valence-corrected chi connectivity index (χ0v) is 21.3. The predicted octanol–water partition coefficient (Wildman–Crippen LogP) is 6.92. The molecule has 0 spiro atoms. The molecule has 1 aliphatic heterocycles. The van der Waals surface area contributed by atoms with Crippen molar-refractivity contribution in [3.63, 3.8) is 0 Å². The van der Waals surface area contributed by atoms with Crippen LogP contribution in [-0.4, -0.2) is 21.6 Å². The van der Waals surface area contributed by atoms with Crippen molar-refractivity contribution in [1.82, 2.24) is 15.3 Å². The minimum absolute atomic E-state index is 0.357. The van der Waals surface area contributed by atoms with E-state index in [1.165, 1.54) is 0 Å². The van der Waals surface area contributed by atoms with Gasteiger partial charge in [0.05, 0.1) is 11.4 Å². The van der Waals surface area contributed by atoms with E-state index in [1.54, 1.807) is 0 Å². The third-order valence-corrected chi connectivity index (χ3v) is 6.48. The molecule has 0 radical (unpaired) electrons. The lowest BCUT2D eigenvalue weighted by molar-refractivity contribution is 0.756. The maximum atomic E-state index is 5.03. The summed E-state index contributed by atoms with van der Waals surface area (Å²) < 4.78 is 0. The molecule has 5 aromatic rings. The molecule has 5 nitrogen and oxygen atoms in total. The van der Waals surface area contributed by atoms with Gasteiger partial charge in [-0.05, 0) is 55.8 Å². The van der Waals surface area contributed by atoms with E-state index >= 15 is 0 Å². The molecule has 3 aromatic carbocycles. The van der Waals surface area contributed by atoms with Crippen molar-refractivity contribution in [3.8, 4) is 22.5 Å². The first-order chi connectivity index (χ1) is 18.6. The lowest BCUT2D eigenvalue weighted by atomic mass is 10.0. The highest BCUT2D eigenvalue weighted by Gasteiger charge is 2.21. The van der Waals surface area contributed by atoms with E-state index in [1.807, 2.05) is 80.6 Å². The van der Waals surface area contributed by atoms with Crippen LogP contribution >= 0.6 is 0 Å². The summed E-state index contributed by atoms with van der Waals surface area (Å²) in [4.78, 5) is 19.5. The number of aryl methyl sites for hydroxylation is 2. The standard InChI is InChI=1S/C33H27N5/c1-22-10-6-18-29(34-22)25-14-8-16-27(20-25)32-36-31(24-12-4-3-5-13-24)37-33(38-32)28-17-9-15-26(21-28)30-19-7-11-23(2)35-30/h3-21,31H,1-2H3,(H,36,37,38). The highest BCUT2D eigenvalue weighted by atomic mass is 15.2. The minimum Gasteiger partial charge on any atom is -0.324 e. The number of aromatic nitrogens is 2. The molecule has 0 saturated heterocycles. The molecule has 184 valence electrons. The fourth-order valence-corrected chi connectivity index (χ4v) is 4.58. The molecule has 0 saturated carbocycles. The van der Waals surface area contributed by atoms with Crippen molar-refractivity contribution in [1.29, 1.82) is 0 Å². The number of nitrogens with one attached hydrogen (secondary N) is 1. The number of nitrogens with zero attached hydrogens (tertiary/aromatic N) is 4. The Morgan fingerprint density at radius 3 is 1.47 bits per heavy atom. The normalized spacial score (nSPS) is 13.4. The molecule has 6 rings (SSSR count). The lowest BCUT2D eigenvalue weighted by Crippen LogP contribution is -2.36. The Kier molecular flexibility index (Phi) is 6.32. The predicted molar refractivity (Wildman–Crippen MR) is 154 cm³/mol. The molecule has 0 fully saturated rings. The molecular formula is C33H27N5. The van der Waals surface area contributed by atoms with Crippen LogP contribution < -0.4 is 5.32 Å². The van der Waals surface area contributed by atoms with Gasteiger partial charge in [0.15, 0.2) is 6.17 Å². The summed E-state index contributed by atoms with van der Waals surface area (Å²) in [7, 11) is 0. The third-order valence-electron chi connectivity index (χ3n) is 6.48. The SMILES string of the molecule is Cc1cccc(-c2cccc(C3=NC(c4ccccc4)N=C(c4cccc(-c5cccc(C)n5)c4)N3)c2)n1. The van der Waals surface area contributed by atoms with E-state index in [-0.39, 0.29) is 6.17 Å². The minimum atomic E-state index is -0.357.